The van der Waals surface area contributed by atoms with E-state index in [0.29, 0.717) is 6.42 Å². The Morgan fingerprint density at radius 1 is 1.28 bits per heavy atom. The summed E-state index contributed by atoms with van der Waals surface area (Å²) in [7, 11) is 1.44. The van der Waals surface area contributed by atoms with Gasteiger partial charge in [-0.25, -0.2) is 0 Å². The molecule has 0 radical (unpaired) electrons. The third kappa shape index (κ3) is 4.37. The minimum absolute atomic E-state index is 0.132. The predicted molar refractivity (Wildman–Crippen MR) is 78.0 cm³/mol. The van der Waals surface area contributed by atoms with Crippen LogP contribution >= 0.6 is 11.8 Å². The van der Waals surface area contributed by atoms with Gasteiger partial charge in [0.2, 0.25) is 0 Å². The lowest BCUT2D eigenvalue weighted by atomic mass is 10.0. The van der Waals surface area contributed by atoms with Crippen LogP contribution in [0.4, 0.5) is 0 Å². The number of methoxy groups -OCH3 is 1. The van der Waals surface area contributed by atoms with Crippen LogP contribution in [0.25, 0.3) is 0 Å². The number of ether oxygens (including phenoxy) is 1. The minimum Gasteiger partial charge on any atom is -0.469 e. The standard InChI is InChI=1S/C15H22O2S/c1-10-6-11(2)14(12(3)7-10)9-18-13(4)8-15(16)17-5/h6-7,13H,8-9H2,1-5H3. The van der Waals surface area contributed by atoms with Crippen LogP contribution in [0.5, 0.6) is 0 Å². The van der Waals surface area contributed by atoms with E-state index in [-0.39, 0.29) is 11.2 Å². The van der Waals surface area contributed by atoms with Crippen molar-refractivity contribution in [3.05, 3.63) is 34.4 Å². The summed E-state index contributed by atoms with van der Waals surface area (Å²) in [4.78, 5) is 11.2. The zero-order chi connectivity index (χ0) is 13.7. The number of carbonyl (C=O) groups excluding carboxylic acids is 1. The Kier molecular flexibility index (Phi) is 5.73. The van der Waals surface area contributed by atoms with Crippen molar-refractivity contribution in [1.29, 1.82) is 0 Å². The molecule has 0 aliphatic carbocycles. The van der Waals surface area contributed by atoms with Gasteiger partial charge in [0.1, 0.15) is 0 Å². The van der Waals surface area contributed by atoms with Gasteiger partial charge >= 0.3 is 5.97 Å². The number of thioether (sulfide) groups is 1. The van der Waals surface area contributed by atoms with Gasteiger partial charge in [0.25, 0.3) is 0 Å². The average Bonchev–Trinajstić information content (AvgIpc) is 2.27. The molecule has 1 rings (SSSR count). The molecule has 0 bridgehead atoms. The van der Waals surface area contributed by atoms with Crippen molar-refractivity contribution in [2.45, 2.75) is 45.1 Å². The van der Waals surface area contributed by atoms with Gasteiger partial charge < -0.3 is 4.74 Å². The summed E-state index contributed by atoms with van der Waals surface area (Å²) < 4.78 is 4.68. The van der Waals surface area contributed by atoms with Crippen LogP contribution in [-0.2, 0) is 15.3 Å². The van der Waals surface area contributed by atoms with Gasteiger partial charge in [-0.3, -0.25) is 4.79 Å². The fourth-order valence-electron chi connectivity index (χ4n) is 2.04. The average molecular weight is 266 g/mol. The first kappa shape index (κ1) is 15.1. The van der Waals surface area contributed by atoms with Crippen LogP contribution < -0.4 is 0 Å². The molecule has 0 spiro atoms. The third-order valence-electron chi connectivity index (χ3n) is 3.03. The summed E-state index contributed by atoms with van der Waals surface area (Å²) in [6.45, 7) is 8.50. The normalized spacial score (nSPS) is 12.3. The number of carbonyl (C=O) groups is 1. The zero-order valence-corrected chi connectivity index (χ0v) is 12.7. The van der Waals surface area contributed by atoms with Crippen molar-refractivity contribution in [2.24, 2.45) is 0 Å². The van der Waals surface area contributed by atoms with Crippen LogP contribution in [0.1, 0.15) is 35.6 Å². The van der Waals surface area contributed by atoms with Crippen molar-refractivity contribution >= 4 is 17.7 Å². The summed E-state index contributed by atoms with van der Waals surface area (Å²) in [5.74, 6) is 0.822. The molecule has 1 aromatic rings. The molecule has 0 amide bonds. The number of rotatable bonds is 5. The molecule has 1 atom stereocenters. The van der Waals surface area contributed by atoms with E-state index >= 15 is 0 Å². The topological polar surface area (TPSA) is 26.3 Å². The fraction of sp³-hybridized carbons (Fsp3) is 0.533. The molecule has 100 valence electrons. The molecule has 0 heterocycles. The van der Waals surface area contributed by atoms with Crippen LogP contribution in [0.3, 0.4) is 0 Å². The first-order valence-electron chi connectivity index (χ1n) is 6.19. The fourth-order valence-corrected chi connectivity index (χ4v) is 3.20. The number of esters is 1. The molecule has 0 aromatic heterocycles. The SMILES string of the molecule is COC(=O)CC(C)SCc1c(C)cc(C)cc1C. The molecule has 0 aliphatic rings. The summed E-state index contributed by atoms with van der Waals surface area (Å²) in [6, 6.07) is 4.43. The lowest BCUT2D eigenvalue weighted by Crippen LogP contribution is -2.09. The van der Waals surface area contributed by atoms with Crippen molar-refractivity contribution in [3.8, 4) is 0 Å². The van der Waals surface area contributed by atoms with Gasteiger partial charge in [0.15, 0.2) is 0 Å². The summed E-state index contributed by atoms with van der Waals surface area (Å²) in [5, 5.41) is 0.289. The van der Waals surface area contributed by atoms with Crippen molar-refractivity contribution in [1.82, 2.24) is 0 Å². The lowest BCUT2D eigenvalue weighted by Gasteiger charge is -2.14. The van der Waals surface area contributed by atoms with Crippen molar-refractivity contribution in [2.75, 3.05) is 7.11 Å². The van der Waals surface area contributed by atoms with E-state index in [1.165, 1.54) is 29.4 Å². The van der Waals surface area contributed by atoms with Crippen molar-refractivity contribution < 1.29 is 9.53 Å². The van der Waals surface area contributed by atoms with E-state index in [1.54, 1.807) is 11.8 Å². The smallest absolute Gasteiger partial charge is 0.306 e. The van der Waals surface area contributed by atoms with Crippen LogP contribution in [0.2, 0.25) is 0 Å². The van der Waals surface area contributed by atoms with Gasteiger partial charge in [-0.05, 0) is 37.5 Å². The highest BCUT2D eigenvalue weighted by Gasteiger charge is 2.11. The third-order valence-corrected chi connectivity index (χ3v) is 4.23. The Morgan fingerprint density at radius 3 is 2.33 bits per heavy atom. The highest BCUT2D eigenvalue weighted by Crippen LogP contribution is 2.25. The molecule has 3 heteroatoms. The maximum atomic E-state index is 11.2. The summed E-state index contributed by atoms with van der Waals surface area (Å²) >= 11 is 1.81. The van der Waals surface area contributed by atoms with E-state index in [4.69, 9.17) is 0 Å². The number of aryl methyl sites for hydroxylation is 3. The molecule has 0 saturated heterocycles. The Morgan fingerprint density at radius 2 is 1.83 bits per heavy atom. The Labute approximate surface area is 114 Å². The first-order chi connectivity index (χ1) is 8.43. The molecule has 0 fully saturated rings. The van der Waals surface area contributed by atoms with Gasteiger partial charge in [-0.2, -0.15) is 11.8 Å². The Hall–Kier alpha value is -0.960. The second-order valence-corrected chi connectivity index (χ2v) is 6.21. The lowest BCUT2D eigenvalue weighted by molar-refractivity contribution is -0.140. The molecular formula is C15H22O2S. The molecular weight excluding hydrogens is 244 g/mol. The van der Waals surface area contributed by atoms with E-state index in [9.17, 15) is 4.79 Å². The van der Waals surface area contributed by atoms with Gasteiger partial charge in [0, 0.05) is 11.0 Å². The van der Waals surface area contributed by atoms with Crippen LogP contribution in [0.15, 0.2) is 12.1 Å². The van der Waals surface area contributed by atoms with Gasteiger partial charge in [-0.1, -0.05) is 24.6 Å². The zero-order valence-electron chi connectivity index (χ0n) is 11.9. The van der Waals surface area contributed by atoms with E-state index in [1.807, 2.05) is 0 Å². The Bertz CT molecular complexity index is 403. The van der Waals surface area contributed by atoms with Crippen molar-refractivity contribution in [3.63, 3.8) is 0 Å². The van der Waals surface area contributed by atoms with E-state index in [2.05, 4.69) is 44.6 Å². The highest BCUT2D eigenvalue weighted by atomic mass is 32.2. The number of hydrogen-bond acceptors (Lipinski definition) is 3. The molecule has 0 saturated carbocycles. The maximum Gasteiger partial charge on any atom is 0.306 e. The van der Waals surface area contributed by atoms with Crippen LogP contribution in [-0.4, -0.2) is 18.3 Å². The predicted octanol–water partition coefficient (Wildman–Crippen LogP) is 3.80. The molecule has 0 aliphatic heterocycles. The minimum atomic E-state index is -0.132. The number of hydrogen-bond donors (Lipinski definition) is 0. The molecule has 2 nitrogen and oxygen atoms in total. The monoisotopic (exact) mass is 266 g/mol. The molecule has 0 N–H and O–H groups in total. The molecule has 1 aromatic carbocycles. The summed E-state index contributed by atoms with van der Waals surface area (Å²) in [5.41, 5.74) is 5.37. The maximum absolute atomic E-state index is 11.2. The molecule has 18 heavy (non-hydrogen) atoms. The first-order valence-corrected chi connectivity index (χ1v) is 7.24. The second-order valence-electron chi connectivity index (χ2n) is 4.78. The van der Waals surface area contributed by atoms with Crippen LogP contribution in [0, 0.1) is 20.8 Å². The van der Waals surface area contributed by atoms with Gasteiger partial charge in [0.05, 0.1) is 13.5 Å². The van der Waals surface area contributed by atoms with Gasteiger partial charge in [-0.15, -0.1) is 0 Å². The van der Waals surface area contributed by atoms with E-state index in [0.717, 1.165) is 5.75 Å². The Balaban J connectivity index is 2.61. The quantitative estimate of drug-likeness (QED) is 0.758. The largest absolute Gasteiger partial charge is 0.469 e. The second kappa shape index (κ2) is 6.83. The highest BCUT2D eigenvalue weighted by molar-refractivity contribution is 7.99. The summed E-state index contributed by atoms with van der Waals surface area (Å²) in [6.07, 6.45) is 0.477. The molecule has 1 unspecified atom stereocenters. The van der Waals surface area contributed by atoms with E-state index < -0.39 is 0 Å². The number of benzene rings is 1.